The number of aliphatic hydroxyl groups is 1. The predicted octanol–water partition coefficient (Wildman–Crippen LogP) is 0.291. The quantitative estimate of drug-likeness (QED) is 0.439. The summed E-state index contributed by atoms with van der Waals surface area (Å²) in [5.74, 6) is 0. The topological polar surface area (TPSA) is 114 Å². The van der Waals surface area contributed by atoms with Gasteiger partial charge < -0.3 is 15.2 Å². The zero-order valence-electron chi connectivity index (χ0n) is 8.44. The lowest BCUT2D eigenvalue weighted by Crippen LogP contribution is -2.20. The molecular weight excluding hydrogens is 244 g/mol. The van der Waals surface area contributed by atoms with E-state index < -0.39 is 21.1 Å². The van der Waals surface area contributed by atoms with Crippen LogP contribution in [0.3, 0.4) is 0 Å². The number of hydrogen-bond acceptors (Lipinski definition) is 4. The van der Waals surface area contributed by atoms with Crippen molar-refractivity contribution in [3.8, 4) is 0 Å². The fraction of sp³-hybridized carbons (Fsp3) is 0.100. The first-order valence-electron chi connectivity index (χ1n) is 4.62. The number of rotatable bonds is 1. The normalized spacial score (nSPS) is 19.3. The monoisotopic (exact) mass is 251 g/mol. The number of aliphatic hydroxyl groups excluding tert-OH is 1. The summed E-state index contributed by atoms with van der Waals surface area (Å²) in [5.41, 5.74) is 8.72. The maximum Gasteiger partial charge on any atom is 0.326 e. The van der Waals surface area contributed by atoms with Crippen LogP contribution in [-0.2, 0) is 10.1 Å². The standard InChI is InChI=1S/C10H8N2O4S/c11-12-8-5-9(17(14,15)16)6-3-1-2-4-7(6)10(8)13/h1-5,10,13H,(H,14,15,16)/p-1. The molecule has 0 heterocycles. The van der Waals surface area contributed by atoms with Crippen molar-refractivity contribution in [2.24, 2.45) is 0 Å². The van der Waals surface area contributed by atoms with Crippen LogP contribution in [0.4, 0.5) is 0 Å². The molecule has 1 aliphatic carbocycles. The van der Waals surface area contributed by atoms with Crippen LogP contribution >= 0.6 is 0 Å². The van der Waals surface area contributed by atoms with E-state index in [1.54, 1.807) is 12.1 Å². The zero-order valence-corrected chi connectivity index (χ0v) is 9.26. The Labute approximate surface area is 97.2 Å². The minimum absolute atomic E-state index is 0.127. The molecule has 0 aliphatic heterocycles. The summed E-state index contributed by atoms with van der Waals surface area (Å²) in [6.07, 6.45) is -0.378. The molecule has 88 valence electrons. The van der Waals surface area contributed by atoms with Crippen molar-refractivity contribution in [2.45, 2.75) is 6.10 Å². The van der Waals surface area contributed by atoms with Gasteiger partial charge in [-0.15, -0.1) is 0 Å². The van der Waals surface area contributed by atoms with Crippen LogP contribution in [0.15, 0.2) is 30.3 Å². The maximum atomic E-state index is 11.1. The van der Waals surface area contributed by atoms with Crippen molar-refractivity contribution < 1.29 is 22.9 Å². The minimum atomic E-state index is -4.70. The first-order valence-corrected chi connectivity index (χ1v) is 6.03. The number of fused-ring (bicyclic) bond motifs is 1. The lowest BCUT2D eigenvalue weighted by Gasteiger charge is -2.20. The van der Waals surface area contributed by atoms with Crippen LogP contribution < -0.4 is 0 Å². The molecule has 7 heteroatoms. The number of benzene rings is 1. The van der Waals surface area contributed by atoms with Gasteiger partial charge in [-0.3, -0.25) is 0 Å². The molecule has 1 unspecified atom stereocenters. The van der Waals surface area contributed by atoms with Crippen LogP contribution in [0.1, 0.15) is 17.2 Å². The van der Waals surface area contributed by atoms with Crippen molar-refractivity contribution in [1.29, 1.82) is 0 Å². The Bertz CT molecular complexity index is 657. The average Bonchev–Trinajstić information content (AvgIpc) is 2.28. The summed E-state index contributed by atoms with van der Waals surface area (Å²) < 4.78 is 33.2. The smallest absolute Gasteiger partial charge is 0.326 e. The van der Waals surface area contributed by atoms with Gasteiger partial charge in [-0.2, -0.15) is 4.79 Å². The second-order valence-electron chi connectivity index (χ2n) is 3.48. The van der Waals surface area contributed by atoms with Crippen LogP contribution in [-0.4, -0.2) is 28.6 Å². The summed E-state index contributed by atoms with van der Waals surface area (Å²) in [5, 5.41) is 9.77. The van der Waals surface area contributed by atoms with Crippen molar-refractivity contribution in [3.05, 3.63) is 47.0 Å². The van der Waals surface area contributed by atoms with Crippen molar-refractivity contribution in [1.82, 2.24) is 0 Å². The SMILES string of the molecule is [N-]=[N+]=C1C=C(S(=O)(=O)[O-])c2ccccc2C1O. The fourth-order valence-corrected chi connectivity index (χ4v) is 2.42. The van der Waals surface area contributed by atoms with Gasteiger partial charge in [-0.1, -0.05) is 24.3 Å². The molecule has 1 aromatic carbocycles. The van der Waals surface area contributed by atoms with Gasteiger partial charge in [0.05, 0.1) is 4.91 Å². The Kier molecular flexibility index (Phi) is 2.68. The van der Waals surface area contributed by atoms with Gasteiger partial charge in [0.2, 0.25) is 0 Å². The average molecular weight is 251 g/mol. The van der Waals surface area contributed by atoms with E-state index in [0.29, 0.717) is 0 Å². The molecule has 0 spiro atoms. The highest BCUT2D eigenvalue weighted by Gasteiger charge is 2.32. The van der Waals surface area contributed by atoms with Crippen LogP contribution in [0.2, 0.25) is 0 Å². The molecule has 0 fully saturated rings. The Morgan fingerprint density at radius 1 is 1.35 bits per heavy atom. The van der Waals surface area contributed by atoms with Gasteiger partial charge >= 0.3 is 5.71 Å². The summed E-state index contributed by atoms with van der Waals surface area (Å²) >= 11 is 0. The van der Waals surface area contributed by atoms with Crippen molar-refractivity contribution in [2.75, 3.05) is 0 Å². The van der Waals surface area contributed by atoms with Gasteiger partial charge in [0.15, 0.2) is 6.10 Å². The highest BCUT2D eigenvalue weighted by Crippen LogP contribution is 2.33. The molecule has 6 nitrogen and oxygen atoms in total. The van der Waals surface area contributed by atoms with E-state index >= 15 is 0 Å². The molecule has 17 heavy (non-hydrogen) atoms. The van der Waals surface area contributed by atoms with Gasteiger partial charge in [0.25, 0.3) is 0 Å². The fourth-order valence-electron chi connectivity index (χ4n) is 1.70. The second kappa shape index (κ2) is 3.90. The number of hydrogen-bond donors (Lipinski definition) is 1. The summed E-state index contributed by atoms with van der Waals surface area (Å²) in [4.78, 5) is 2.27. The largest absolute Gasteiger partial charge is 0.744 e. The molecule has 0 amide bonds. The van der Waals surface area contributed by atoms with Gasteiger partial charge in [-0.05, 0) is 5.56 Å². The van der Waals surface area contributed by atoms with E-state index in [2.05, 4.69) is 4.79 Å². The van der Waals surface area contributed by atoms with E-state index in [9.17, 15) is 18.1 Å². The van der Waals surface area contributed by atoms with Crippen LogP contribution in [0.25, 0.3) is 10.4 Å². The van der Waals surface area contributed by atoms with Gasteiger partial charge in [0.1, 0.15) is 10.1 Å². The first-order chi connectivity index (χ1) is 7.95. The predicted molar refractivity (Wildman–Crippen MR) is 57.7 cm³/mol. The van der Waals surface area contributed by atoms with Gasteiger partial charge in [0, 0.05) is 11.6 Å². The zero-order chi connectivity index (χ0) is 12.6. The third-order valence-corrected chi connectivity index (χ3v) is 3.34. The third-order valence-electron chi connectivity index (χ3n) is 2.46. The van der Waals surface area contributed by atoms with E-state index in [0.717, 1.165) is 6.08 Å². The highest BCUT2D eigenvalue weighted by molar-refractivity contribution is 7.95. The Balaban J connectivity index is 2.80. The molecule has 1 N–H and O–H groups in total. The molecule has 1 aliphatic rings. The molecule has 0 saturated heterocycles. The molecule has 0 bridgehead atoms. The molecule has 0 aromatic heterocycles. The maximum absolute atomic E-state index is 11.1. The van der Waals surface area contributed by atoms with E-state index in [1.807, 2.05) is 0 Å². The molecular formula is C10H7N2O4S-. The lowest BCUT2D eigenvalue weighted by molar-refractivity contribution is -0.0188. The molecule has 1 aromatic rings. The van der Waals surface area contributed by atoms with Crippen molar-refractivity contribution in [3.63, 3.8) is 0 Å². The van der Waals surface area contributed by atoms with Crippen LogP contribution in [0, 0.1) is 0 Å². The number of nitrogens with zero attached hydrogens (tertiary/aromatic N) is 2. The summed E-state index contributed by atoms with van der Waals surface area (Å²) in [7, 11) is -4.70. The first kappa shape index (κ1) is 11.7. The Morgan fingerprint density at radius 2 is 2.00 bits per heavy atom. The Hall–Kier alpha value is -1.79. The second-order valence-corrected chi connectivity index (χ2v) is 4.83. The third kappa shape index (κ3) is 1.92. The molecule has 1 atom stereocenters. The Morgan fingerprint density at radius 3 is 2.59 bits per heavy atom. The van der Waals surface area contributed by atoms with E-state index in [-0.39, 0.29) is 16.8 Å². The van der Waals surface area contributed by atoms with Crippen molar-refractivity contribution >= 4 is 20.7 Å². The molecule has 0 radical (unpaired) electrons. The minimum Gasteiger partial charge on any atom is -0.744 e. The highest BCUT2D eigenvalue weighted by atomic mass is 32.2. The summed E-state index contributed by atoms with van der Waals surface area (Å²) in [6, 6.07) is 6.00. The molecule has 0 saturated carbocycles. The van der Waals surface area contributed by atoms with Crippen LogP contribution in [0.5, 0.6) is 0 Å². The summed E-state index contributed by atoms with van der Waals surface area (Å²) in [6.45, 7) is 0. The molecule has 2 rings (SSSR count). The van der Waals surface area contributed by atoms with Gasteiger partial charge in [-0.25, -0.2) is 8.42 Å². The lowest BCUT2D eigenvalue weighted by atomic mass is 9.93. The van der Waals surface area contributed by atoms with E-state index in [1.165, 1.54) is 12.1 Å². The van der Waals surface area contributed by atoms with E-state index in [4.69, 9.17) is 5.53 Å².